The first-order valence-electron chi connectivity index (χ1n) is 9.18. The number of para-hydroxylation sites is 1. The number of nitrogens with zero attached hydrogens (tertiary/aromatic N) is 3. The van der Waals surface area contributed by atoms with Gasteiger partial charge in [-0.05, 0) is 42.5 Å². The molecule has 31 heavy (non-hydrogen) atoms. The number of hydrogen-bond acceptors (Lipinski definition) is 6. The fraction of sp³-hybridized carbons (Fsp3) is 0. The number of aromatic nitrogens is 3. The number of carbonyl (C=O) groups is 1. The summed E-state index contributed by atoms with van der Waals surface area (Å²) in [6.07, 6.45) is 3.92. The lowest BCUT2D eigenvalue weighted by atomic mass is 10.1. The van der Waals surface area contributed by atoms with Crippen molar-refractivity contribution in [1.82, 2.24) is 14.6 Å². The summed E-state index contributed by atoms with van der Waals surface area (Å²) in [5, 5.41) is 9.17. The van der Waals surface area contributed by atoms with Crippen LogP contribution in [0.15, 0.2) is 75.5 Å². The summed E-state index contributed by atoms with van der Waals surface area (Å²) in [5.41, 5.74) is 2.02. The number of nitrogens with one attached hydrogen (secondary N) is 1. The Balaban J connectivity index is 1.36. The average molecular weight is 432 g/mol. The second-order valence-electron chi connectivity index (χ2n) is 6.60. The molecule has 1 N–H and O–H groups in total. The van der Waals surface area contributed by atoms with Gasteiger partial charge in [-0.3, -0.25) is 14.9 Å². The van der Waals surface area contributed by atoms with Crippen LogP contribution in [0.5, 0.6) is 0 Å². The molecule has 7 nitrogen and oxygen atoms in total. The Hall–Kier alpha value is -4.11. The highest BCUT2D eigenvalue weighted by Crippen LogP contribution is 2.26. The SMILES string of the molecule is O=C(/C=C/c1coc2ccccc2c1=O)Nc1nc2scc(-c3ccc(F)cc3)n2n1. The first-order chi connectivity index (χ1) is 15.1. The first kappa shape index (κ1) is 18.9. The minimum atomic E-state index is -0.492. The maximum atomic E-state index is 13.2. The number of anilines is 1. The Morgan fingerprint density at radius 2 is 1.97 bits per heavy atom. The molecule has 9 heteroatoms. The molecule has 0 aliphatic rings. The van der Waals surface area contributed by atoms with Crippen molar-refractivity contribution in [3.63, 3.8) is 0 Å². The van der Waals surface area contributed by atoms with Crippen LogP contribution in [0.25, 0.3) is 33.3 Å². The number of thiazole rings is 1. The van der Waals surface area contributed by atoms with Crippen molar-refractivity contribution in [3.05, 3.63) is 87.9 Å². The van der Waals surface area contributed by atoms with Crippen LogP contribution < -0.4 is 10.7 Å². The fourth-order valence-corrected chi connectivity index (χ4v) is 3.91. The van der Waals surface area contributed by atoms with E-state index in [0.717, 1.165) is 11.3 Å². The molecule has 0 saturated carbocycles. The molecule has 0 atom stereocenters. The third kappa shape index (κ3) is 3.62. The minimum absolute atomic E-state index is 0.121. The normalized spacial score (nSPS) is 11.5. The minimum Gasteiger partial charge on any atom is -0.463 e. The van der Waals surface area contributed by atoms with E-state index in [1.54, 1.807) is 40.9 Å². The third-order valence-electron chi connectivity index (χ3n) is 4.58. The van der Waals surface area contributed by atoms with E-state index in [4.69, 9.17) is 4.42 Å². The van der Waals surface area contributed by atoms with E-state index < -0.39 is 5.91 Å². The van der Waals surface area contributed by atoms with Gasteiger partial charge in [0.2, 0.25) is 4.96 Å². The lowest BCUT2D eigenvalue weighted by molar-refractivity contribution is -0.111. The Morgan fingerprint density at radius 1 is 1.16 bits per heavy atom. The summed E-state index contributed by atoms with van der Waals surface area (Å²) in [7, 11) is 0. The van der Waals surface area contributed by atoms with Gasteiger partial charge in [0.25, 0.3) is 11.9 Å². The molecule has 0 saturated heterocycles. The summed E-state index contributed by atoms with van der Waals surface area (Å²) in [6, 6.07) is 12.9. The van der Waals surface area contributed by atoms with Gasteiger partial charge in [0.1, 0.15) is 17.7 Å². The van der Waals surface area contributed by atoms with Gasteiger partial charge >= 0.3 is 0 Å². The van der Waals surface area contributed by atoms with Gasteiger partial charge in [-0.15, -0.1) is 16.4 Å². The van der Waals surface area contributed by atoms with Crippen LogP contribution in [0.1, 0.15) is 5.56 Å². The van der Waals surface area contributed by atoms with E-state index in [0.29, 0.717) is 15.9 Å². The van der Waals surface area contributed by atoms with Crippen molar-refractivity contribution in [2.45, 2.75) is 0 Å². The molecule has 5 rings (SSSR count). The molecule has 5 aromatic rings. The molecular weight excluding hydrogens is 419 g/mol. The monoisotopic (exact) mass is 432 g/mol. The molecule has 0 unspecified atom stereocenters. The zero-order valence-electron chi connectivity index (χ0n) is 15.8. The van der Waals surface area contributed by atoms with Crippen LogP contribution in [0.2, 0.25) is 0 Å². The Bertz CT molecular complexity index is 1520. The molecule has 152 valence electrons. The van der Waals surface area contributed by atoms with Crippen LogP contribution in [0.4, 0.5) is 10.3 Å². The van der Waals surface area contributed by atoms with Gasteiger partial charge < -0.3 is 4.42 Å². The molecule has 0 bridgehead atoms. The number of rotatable bonds is 4. The van der Waals surface area contributed by atoms with Crippen molar-refractivity contribution >= 4 is 45.2 Å². The van der Waals surface area contributed by atoms with Crippen LogP contribution in [-0.2, 0) is 4.79 Å². The second-order valence-corrected chi connectivity index (χ2v) is 7.43. The van der Waals surface area contributed by atoms with E-state index in [1.165, 1.54) is 41.9 Å². The summed E-state index contributed by atoms with van der Waals surface area (Å²) in [4.78, 5) is 29.6. The lowest BCUT2D eigenvalue weighted by Gasteiger charge is -1.99. The summed E-state index contributed by atoms with van der Waals surface area (Å²) < 4.78 is 20.2. The van der Waals surface area contributed by atoms with Crippen molar-refractivity contribution in [2.75, 3.05) is 5.32 Å². The number of amides is 1. The van der Waals surface area contributed by atoms with Crippen LogP contribution in [0, 0.1) is 5.82 Å². The summed E-state index contributed by atoms with van der Waals surface area (Å²) in [5.74, 6) is -0.696. The highest BCUT2D eigenvalue weighted by Gasteiger charge is 2.13. The van der Waals surface area contributed by atoms with Crippen molar-refractivity contribution < 1.29 is 13.6 Å². The van der Waals surface area contributed by atoms with E-state index in [-0.39, 0.29) is 22.8 Å². The molecule has 0 radical (unpaired) electrons. The van der Waals surface area contributed by atoms with Crippen LogP contribution in [-0.4, -0.2) is 20.5 Å². The van der Waals surface area contributed by atoms with Gasteiger partial charge in [0, 0.05) is 17.0 Å². The number of fused-ring (bicyclic) bond motifs is 2. The zero-order valence-corrected chi connectivity index (χ0v) is 16.6. The maximum Gasteiger partial charge on any atom is 0.250 e. The molecule has 0 fully saturated rings. The van der Waals surface area contributed by atoms with E-state index in [2.05, 4.69) is 15.4 Å². The molecular formula is C22H13FN4O3S. The van der Waals surface area contributed by atoms with Crippen molar-refractivity contribution in [1.29, 1.82) is 0 Å². The van der Waals surface area contributed by atoms with Crippen molar-refractivity contribution in [3.8, 4) is 11.3 Å². The number of halogens is 1. The Labute approximate surface area is 178 Å². The average Bonchev–Trinajstić information content (AvgIpc) is 3.34. The molecule has 3 heterocycles. The predicted octanol–water partition coefficient (Wildman–Crippen LogP) is 4.36. The number of hydrogen-bond donors (Lipinski definition) is 1. The lowest BCUT2D eigenvalue weighted by Crippen LogP contribution is -2.10. The smallest absolute Gasteiger partial charge is 0.250 e. The van der Waals surface area contributed by atoms with Crippen LogP contribution >= 0.6 is 11.3 Å². The first-order valence-corrected chi connectivity index (χ1v) is 10.1. The largest absolute Gasteiger partial charge is 0.463 e. The molecule has 0 spiro atoms. The van der Waals surface area contributed by atoms with Gasteiger partial charge in [-0.25, -0.2) is 8.91 Å². The summed E-state index contributed by atoms with van der Waals surface area (Å²) in [6.45, 7) is 0. The van der Waals surface area contributed by atoms with Gasteiger partial charge in [0.05, 0.1) is 16.6 Å². The third-order valence-corrected chi connectivity index (χ3v) is 5.39. The maximum absolute atomic E-state index is 13.2. The highest BCUT2D eigenvalue weighted by molar-refractivity contribution is 7.15. The van der Waals surface area contributed by atoms with Crippen LogP contribution in [0.3, 0.4) is 0 Å². The molecule has 3 aromatic heterocycles. The standard InChI is InChI=1S/C22H13FN4O3S/c23-15-8-5-13(6-9-15)17-12-31-22-25-21(26-27(17)22)24-19(28)10-7-14-11-30-18-4-2-1-3-16(18)20(14)29/h1-12H,(H,24,26,28)/b10-7+. The molecule has 0 aliphatic carbocycles. The quantitative estimate of drug-likeness (QED) is 0.427. The highest BCUT2D eigenvalue weighted by atomic mass is 32.1. The van der Waals surface area contributed by atoms with Gasteiger partial charge in [-0.1, -0.05) is 12.1 Å². The van der Waals surface area contributed by atoms with E-state index in [1.807, 2.05) is 5.38 Å². The second kappa shape index (κ2) is 7.62. The molecule has 2 aromatic carbocycles. The summed E-state index contributed by atoms with van der Waals surface area (Å²) >= 11 is 1.35. The fourth-order valence-electron chi connectivity index (χ4n) is 3.08. The van der Waals surface area contributed by atoms with E-state index >= 15 is 0 Å². The topological polar surface area (TPSA) is 89.5 Å². The predicted molar refractivity (Wildman–Crippen MR) is 116 cm³/mol. The Morgan fingerprint density at radius 3 is 2.81 bits per heavy atom. The van der Waals surface area contributed by atoms with Crippen molar-refractivity contribution in [2.24, 2.45) is 0 Å². The van der Waals surface area contributed by atoms with Gasteiger partial charge in [0.15, 0.2) is 5.43 Å². The zero-order chi connectivity index (χ0) is 21.4. The molecule has 0 aliphatic heterocycles. The number of carbonyl (C=O) groups excluding carboxylic acids is 1. The van der Waals surface area contributed by atoms with E-state index in [9.17, 15) is 14.0 Å². The Kier molecular flexibility index (Phi) is 4.64. The van der Waals surface area contributed by atoms with Gasteiger partial charge in [-0.2, -0.15) is 4.98 Å². The number of benzene rings is 2. The molecule has 1 amide bonds.